The van der Waals surface area contributed by atoms with Crippen molar-refractivity contribution in [3.63, 3.8) is 0 Å². The molecule has 0 aromatic carbocycles. The van der Waals surface area contributed by atoms with Crippen LogP contribution in [0, 0.1) is 0 Å². The number of hydrogen-bond acceptors (Lipinski definition) is 3. The predicted octanol–water partition coefficient (Wildman–Crippen LogP) is 3.05. The molecule has 0 fully saturated rings. The number of carbonyl (C=O) groups excluding carboxylic acids is 1. The van der Waals surface area contributed by atoms with Crippen LogP contribution < -0.4 is 5.32 Å². The minimum atomic E-state index is 0.0309. The van der Waals surface area contributed by atoms with Crippen molar-refractivity contribution in [2.75, 3.05) is 6.54 Å². The van der Waals surface area contributed by atoms with Crippen LogP contribution in [0.5, 0.6) is 0 Å². The Labute approximate surface area is 134 Å². The lowest BCUT2D eigenvalue weighted by atomic mass is 9.98. The third-order valence-corrected chi connectivity index (χ3v) is 5.13. The van der Waals surface area contributed by atoms with Crippen molar-refractivity contribution in [3.05, 3.63) is 40.3 Å². The summed E-state index contributed by atoms with van der Waals surface area (Å²) in [6.07, 6.45) is 5.58. The SMILES string of the molecule is CCC1c2ccsc2CCN1C(=O)NC(C)Cn1cccn1. The Morgan fingerprint density at radius 2 is 2.45 bits per heavy atom. The summed E-state index contributed by atoms with van der Waals surface area (Å²) in [5.41, 5.74) is 1.33. The highest BCUT2D eigenvalue weighted by Gasteiger charge is 2.30. The van der Waals surface area contributed by atoms with Gasteiger partial charge in [0.05, 0.1) is 12.6 Å². The van der Waals surface area contributed by atoms with Gasteiger partial charge in [-0.1, -0.05) is 6.92 Å². The first kappa shape index (κ1) is 15.1. The first-order valence-electron chi connectivity index (χ1n) is 7.80. The Morgan fingerprint density at radius 1 is 1.59 bits per heavy atom. The first-order valence-corrected chi connectivity index (χ1v) is 8.67. The van der Waals surface area contributed by atoms with Crippen LogP contribution in [-0.2, 0) is 13.0 Å². The van der Waals surface area contributed by atoms with Crippen LogP contribution in [0.25, 0.3) is 0 Å². The number of carbonyl (C=O) groups is 1. The maximum absolute atomic E-state index is 12.6. The minimum Gasteiger partial charge on any atom is -0.334 e. The average Bonchev–Trinajstić information content (AvgIpc) is 3.16. The molecule has 0 spiro atoms. The Balaban J connectivity index is 1.64. The van der Waals surface area contributed by atoms with Gasteiger partial charge in [0, 0.05) is 29.9 Å². The molecular weight excluding hydrogens is 296 g/mol. The highest BCUT2D eigenvalue weighted by atomic mass is 32.1. The second kappa shape index (κ2) is 6.52. The van der Waals surface area contributed by atoms with Gasteiger partial charge in [-0.2, -0.15) is 5.10 Å². The normalized spacial score (nSPS) is 18.8. The van der Waals surface area contributed by atoms with Crippen LogP contribution in [0.1, 0.15) is 36.8 Å². The molecule has 118 valence electrons. The molecular formula is C16H22N4OS. The second-order valence-electron chi connectivity index (χ2n) is 5.75. The van der Waals surface area contributed by atoms with E-state index in [0.717, 1.165) is 19.4 Å². The van der Waals surface area contributed by atoms with Crippen molar-refractivity contribution < 1.29 is 4.79 Å². The van der Waals surface area contributed by atoms with Crippen molar-refractivity contribution >= 4 is 17.4 Å². The molecule has 2 atom stereocenters. The van der Waals surface area contributed by atoms with Gasteiger partial charge < -0.3 is 10.2 Å². The Hall–Kier alpha value is -1.82. The molecule has 2 aromatic heterocycles. The van der Waals surface area contributed by atoms with Crippen molar-refractivity contribution in [2.24, 2.45) is 0 Å². The number of urea groups is 1. The predicted molar refractivity (Wildman–Crippen MR) is 88.0 cm³/mol. The quantitative estimate of drug-likeness (QED) is 0.942. The molecule has 0 aliphatic carbocycles. The van der Waals surface area contributed by atoms with Gasteiger partial charge in [-0.05, 0) is 42.8 Å². The zero-order valence-electron chi connectivity index (χ0n) is 13.0. The van der Waals surface area contributed by atoms with Crippen molar-refractivity contribution in [3.8, 4) is 0 Å². The average molecular weight is 318 g/mol. The molecule has 1 aliphatic heterocycles. The smallest absolute Gasteiger partial charge is 0.318 e. The molecule has 1 N–H and O–H groups in total. The van der Waals surface area contributed by atoms with Crippen LogP contribution in [-0.4, -0.2) is 33.3 Å². The van der Waals surface area contributed by atoms with Crippen LogP contribution in [0.3, 0.4) is 0 Å². The highest BCUT2D eigenvalue weighted by Crippen LogP contribution is 2.35. The van der Waals surface area contributed by atoms with Gasteiger partial charge in [0.1, 0.15) is 0 Å². The van der Waals surface area contributed by atoms with Crippen LogP contribution in [0.4, 0.5) is 4.79 Å². The lowest BCUT2D eigenvalue weighted by Gasteiger charge is -2.36. The van der Waals surface area contributed by atoms with Gasteiger partial charge >= 0.3 is 6.03 Å². The van der Waals surface area contributed by atoms with Crippen molar-refractivity contribution in [1.82, 2.24) is 20.0 Å². The van der Waals surface area contributed by atoms with E-state index in [1.807, 2.05) is 28.8 Å². The number of hydrogen-bond donors (Lipinski definition) is 1. The summed E-state index contributed by atoms with van der Waals surface area (Å²) in [7, 11) is 0. The maximum atomic E-state index is 12.6. The highest BCUT2D eigenvalue weighted by molar-refractivity contribution is 7.10. The van der Waals surface area contributed by atoms with E-state index < -0.39 is 0 Å². The topological polar surface area (TPSA) is 50.2 Å². The molecule has 3 rings (SSSR count). The molecule has 2 aromatic rings. The molecule has 0 bridgehead atoms. The molecule has 2 unspecified atom stereocenters. The van der Waals surface area contributed by atoms with Gasteiger partial charge in [-0.15, -0.1) is 11.3 Å². The molecule has 2 amide bonds. The maximum Gasteiger partial charge on any atom is 0.318 e. The van der Waals surface area contributed by atoms with Gasteiger partial charge in [0.2, 0.25) is 0 Å². The summed E-state index contributed by atoms with van der Waals surface area (Å²) >= 11 is 1.80. The van der Waals surface area contributed by atoms with Crippen LogP contribution >= 0.6 is 11.3 Å². The largest absolute Gasteiger partial charge is 0.334 e. The Bertz CT molecular complexity index is 622. The summed E-state index contributed by atoms with van der Waals surface area (Å²) in [5, 5.41) is 9.42. The molecule has 0 saturated carbocycles. The fourth-order valence-corrected chi connectivity index (χ4v) is 4.04. The van der Waals surface area contributed by atoms with E-state index in [1.54, 1.807) is 17.5 Å². The standard InChI is InChI=1S/C16H22N4OS/c1-3-14-13-6-10-22-15(13)5-9-20(14)16(21)18-12(2)11-19-8-4-7-17-19/h4,6-8,10,12,14H,3,5,9,11H2,1-2H3,(H,18,21). The van der Waals surface area contributed by atoms with E-state index in [2.05, 4.69) is 28.8 Å². The third-order valence-electron chi connectivity index (χ3n) is 4.13. The van der Waals surface area contributed by atoms with Gasteiger partial charge in [0.25, 0.3) is 0 Å². The van der Waals surface area contributed by atoms with Gasteiger partial charge in [-0.25, -0.2) is 4.79 Å². The summed E-state index contributed by atoms with van der Waals surface area (Å²) in [5.74, 6) is 0. The molecule has 3 heterocycles. The summed E-state index contributed by atoms with van der Waals surface area (Å²) in [4.78, 5) is 16.0. The monoisotopic (exact) mass is 318 g/mol. The summed E-state index contributed by atoms with van der Waals surface area (Å²) in [6, 6.07) is 4.34. The molecule has 1 aliphatic rings. The van der Waals surface area contributed by atoms with Crippen LogP contribution in [0.15, 0.2) is 29.9 Å². The lowest BCUT2D eigenvalue weighted by Crippen LogP contribution is -2.48. The number of nitrogens with one attached hydrogen (secondary N) is 1. The molecule has 0 radical (unpaired) electrons. The molecule has 5 nitrogen and oxygen atoms in total. The number of aromatic nitrogens is 2. The summed E-state index contributed by atoms with van der Waals surface area (Å²) in [6.45, 7) is 5.64. The zero-order chi connectivity index (χ0) is 15.5. The third kappa shape index (κ3) is 3.02. The van der Waals surface area contributed by atoms with Gasteiger partial charge in [0.15, 0.2) is 0 Å². The number of thiophene rings is 1. The van der Waals surface area contributed by atoms with Crippen molar-refractivity contribution in [1.29, 1.82) is 0 Å². The Kier molecular flexibility index (Phi) is 4.47. The number of fused-ring (bicyclic) bond motifs is 1. The minimum absolute atomic E-state index is 0.0309. The van der Waals surface area contributed by atoms with E-state index in [9.17, 15) is 4.79 Å². The first-order chi connectivity index (χ1) is 10.7. The van der Waals surface area contributed by atoms with Crippen LogP contribution in [0.2, 0.25) is 0 Å². The van der Waals surface area contributed by atoms with E-state index in [1.165, 1.54) is 10.4 Å². The van der Waals surface area contributed by atoms with Crippen molar-refractivity contribution in [2.45, 2.75) is 45.3 Å². The fourth-order valence-electron chi connectivity index (χ4n) is 3.11. The molecule has 0 saturated heterocycles. The Morgan fingerprint density at radius 3 is 3.18 bits per heavy atom. The fraction of sp³-hybridized carbons (Fsp3) is 0.500. The summed E-state index contributed by atoms with van der Waals surface area (Å²) < 4.78 is 1.84. The number of nitrogens with zero attached hydrogens (tertiary/aromatic N) is 3. The molecule has 6 heteroatoms. The van der Waals surface area contributed by atoms with E-state index in [4.69, 9.17) is 0 Å². The van der Waals surface area contributed by atoms with E-state index in [0.29, 0.717) is 6.54 Å². The zero-order valence-corrected chi connectivity index (χ0v) is 13.8. The molecule has 22 heavy (non-hydrogen) atoms. The van der Waals surface area contributed by atoms with E-state index >= 15 is 0 Å². The lowest BCUT2D eigenvalue weighted by molar-refractivity contribution is 0.163. The van der Waals surface area contributed by atoms with E-state index in [-0.39, 0.29) is 18.1 Å². The number of amides is 2. The second-order valence-corrected chi connectivity index (χ2v) is 6.75. The van der Waals surface area contributed by atoms with Gasteiger partial charge in [-0.3, -0.25) is 4.68 Å². The number of rotatable bonds is 4.